The van der Waals surface area contributed by atoms with Crippen LogP contribution in [0.4, 0.5) is 0 Å². The van der Waals surface area contributed by atoms with Gasteiger partial charge in [-0.2, -0.15) is 0 Å². The molecule has 0 spiro atoms. The third kappa shape index (κ3) is 21.7. The van der Waals surface area contributed by atoms with E-state index in [9.17, 15) is 28.8 Å². The van der Waals surface area contributed by atoms with E-state index in [2.05, 4.69) is 27.7 Å². The smallest absolute Gasteiger partial charge is 0.225 e. The molecule has 0 unspecified atom stereocenters. The maximum Gasteiger partial charge on any atom is 0.225 e. The standard InChI is InChI=1S/C9H17NO.2C8H15NO.C8H14O.C7H13NO.C7H12O/c1-8(2)7-9(11)10-5-3-4-6-10;1-7(2)6-8(10)9-4-3-5-9;1-7(2)8(10)9-5-3-4-6-9;1-6(2)8(9)7-4-3-5-7;1-6(2)7(9)8-4-3-5-8;1-5(2)7(8)6-3-4-6/h8H,3-7H2,1-2H3;2*7H,3-6H2,1-2H3;6-7H,3-5H2,1-2H3;6H,3-5H2,1-2H3;5-6H,3-4H2,1-2H3. The Morgan fingerprint density at radius 2 is 0.649 bits per heavy atom. The molecule has 2 aliphatic carbocycles. The Kier molecular flexibility index (Phi) is 25.5. The first-order valence-electron chi connectivity index (χ1n) is 23.0. The Labute approximate surface area is 349 Å². The summed E-state index contributed by atoms with van der Waals surface area (Å²) in [4.78, 5) is 74.7. The number of likely N-dealkylation sites (tertiary alicyclic amines) is 4. The fraction of sp³-hybridized carbons (Fsp3) is 0.872. The van der Waals surface area contributed by atoms with E-state index in [-0.39, 0.29) is 23.7 Å². The van der Waals surface area contributed by atoms with Crippen LogP contribution in [0.15, 0.2) is 0 Å². The second-order valence-electron chi connectivity index (χ2n) is 19.1. The molecular weight excluding hydrogens is 717 g/mol. The van der Waals surface area contributed by atoms with Gasteiger partial charge in [0, 0.05) is 101 Å². The highest BCUT2D eigenvalue weighted by atomic mass is 16.2. The van der Waals surface area contributed by atoms with Gasteiger partial charge in [-0.25, -0.2) is 0 Å². The van der Waals surface area contributed by atoms with Gasteiger partial charge in [-0.3, -0.25) is 28.8 Å². The average molecular weight is 803 g/mol. The Morgan fingerprint density at radius 3 is 0.825 bits per heavy atom. The Hall–Kier alpha value is -2.78. The van der Waals surface area contributed by atoms with E-state index in [4.69, 9.17) is 0 Å². The van der Waals surface area contributed by atoms with Crippen molar-refractivity contribution in [1.82, 2.24) is 19.6 Å². The molecule has 0 atom stereocenters. The molecule has 4 aliphatic heterocycles. The third-order valence-corrected chi connectivity index (χ3v) is 11.0. The number of rotatable bonds is 10. The molecule has 0 aromatic rings. The van der Waals surface area contributed by atoms with Crippen LogP contribution in [0.25, 0.3) is 0 Å². The largest absolute Gasteiger partial charge is 0.343 e. The Morgan fingerprint density at radius 1 is 0.368 bits per heavy atom. The molecule has 0 N–H and O–H groups in total. The molecule has 6 fully saturated rings. The van der Waals surface area contributed by atoms with Crippen LogP contribution in [0, 0.1) is 47.3 Å². The molecule has 330 valence electrons. The molecule has 10 heteroatoms. The summed E-state index contributed by atoms with van der Waals surface area (Å²) in [5.74, 6) is 5.03. The second-order valence-corrected chi connectivity index (χ2v) is 19.1. The number of nitrogens with zero attached hydrogens (tertiary/aromatic N) is 4. The van der Waals surface area contributed by atoms with Gasteiger partial charge in [-0.1, -0.05) is 89.5 Å². The van der Waals surface area contributed by atoms with E-state index >= 15 is 0 Å². The number of amides is 4. The van der Waals surface area contributed by atoms with Crippen LogP contribution in [0.2, 0.25) is 0 Å². The lowest BCUT2D eigenvalue weighted by Gasteiger charge is -2.32. The van der Waals surface area contributed by atoms with Gasteiger partial charge in [0.05, 0.1) is 0 Å². The van der Waals surface area contributed by atoms with Crippen LogP contribution in [0.3, 0.4) is 0 Å². The molecular formula is C47H86N4O6. The summed E-state index contributed by atoms with van der Waals surface area (Å²) in [7, 11) is 0. The van der Waals surface area contributed by atoms with Gasteiger partial charge in [-0.15, -0.1) is 0 Å². The van der Waals surface area contributed by atoms with Crippen molar-refractivity contribution in [3.63, 3.8) is 0 Å². The van der Waals surface area contributed by atoms with Gasteiger partial charge in [0.1, 0.15) is 11.6 Å². The summed E-state index contributed by atoms with van der Waals surface area (Å²) >= 11 is 0. The first-order chi connectivity index (χ1) is 26.8. The van der Waals surface area contributed by atoms with E-state index < -0.39 is 0 Å². The minimum Gasteiger partial charge on any atom is -0.343 e. The summed E-state index contributed by atoms with van der Waals surface area (Å²) in [5, 5.41) is 0. The van der Waals surface area contributed by atoms with Gasteiger partial charge in [-0.05, 0) is 76.0 Å². The van der Waals surface area contributed by atoms with Gasteiger partial charge < -0.3 is 19.6 Å². The predicted molar refractivity (Wildman–Crippen MR) is 232 cm³/mol. The lowest BCUT2D eigenvalue weighted by molar-refractivity contribution is -0.138. The van der Waals surface area contributed by atoms with E-state index in [1.165, 1.54) is 44.9 Å². The molecule has 4 saturated heterocycles. The zero-order valence-electron chi connectivity index (χ0n) is 38.7. The van der Waals surface area contributed by atoms with Crippen molar-refractivity contribution in [2.75, 3.05) is 52.4 Å². The number of Topliss-reactive ketones (excluding diaryl/α,β-unsaturated/α-hetero) is 2. The van der Waals surface area contributed by atoms with Crippen LogP contribution in [-0.4, -0.2) is 107 Å². The summed E-state index contributed by atoms with van der Waals surface area (Å²) in [6.07, 6.45) is 14.5. The molecule has 0 bridgehead atoms. The average Bonchev–Trinajstić information content (AvgIpc) is 3.47. The predicted octanol–water partition coefficient (Wildman–Crippen LogP) is 8.69. The molecule has 10 nitrogen and oxygen atoms in total. The SMILES string of the molecule is CC(C)C(=O)C1CC1.CC(C)C(=O)C1CCC1.CC(C)C(=O)N1CCC1.CC(C)C(=O)N1CCCC1.CC(C)CC(=O)N1CCC1.CC(C)CC(=O)N1CCCC1. The number of ketones is 2. The maximum atomic E-state index is 11.4. The normalized spacial score (nSPS) is 18.4. The maximum absolute atomic E-state index is 11.4. The highest BCUT2D eigenvalue weighted by molar-refractivity contribution is 5.85. The van der Waals surface area contributed by atoms with Crippen LogP contribution in [0.1, 0.15) is 167 Å². The van der Waals surface area contributed by atoms with Crippen molar-refractivity contribution in [3.8, 4) is 0 Å². The first kappa shape index (κ1) is 52.2. The minimum atomic E-state index is 0.179. The van der Waals surface area contributed by atoms with Crippen molar-refractivity contribution in [2.45, 2.75) is 167 Å². The van der Waals surface area contributed by atoms with E-state index in [0.717, 1.165) is 90.9 Å². The van der Waals surface area contributed by atoms with Crippen LogP contribution in [-0.2, 0) is 28.8 Å². The molecule has 6 rings (SSSR count). The molecule has 57 heavy (non-hydrogen) atoms. The number of carbonyl (C=O) groups is 6. The molecule has 0 aromatic carbocycles. The Bertz CT molecular complexity index is 1170. The van der Waals surface area contributed by atoms with Crippen LogP contribution < -0.4 is 0 Å². The zero-order valence-corrected chi connectivity index (χ0v) is 38.7. The van der Waals surface area contributed by atoms with Gasteiger partial charge in [0.25, 0.3) is 0 Å². The highest BCUT2D eigenvalue weighted by Crippen LogP contribution is 2.32. The van der Waals surface area contributed by atoms with Crippen molar-refractivity contribution >= 4 is 35.2 Å². The van der Waals surface area contributed by atoms with Crippen molar-refractivity contribution in [2.24, 2.45) is 47.3 Å². The monoisotopic (exact) mass is 803 g/mol. The summed E-state index contributed by atoms with van der Waals surface area (Å²) in [6.45, 7) is 32.0. The van der Waals surface area contributed by atoms with Crippen LogP contribution in [0.5, 0.6) is 0 Å². The van der Waals surface area contributed by atoms with Gasteiger partial charge in [0.15, 0.2) is 0 Å². The molecule has 0 aromatic heterocycles. The zero-order chi connectivity index (χ0) is 43.2. The Balaban J connectivity index is 0.000000343. The van der Waals surface area contributed by atoms with E-state index in [1.807, 2.05) is 75.0 Å². The second kappa shape index (κ2) is 27.8. The summed E-state index contributed by atoms with van der Waals surface area (Å²) in [5.41, 5.74) is 0. The lowest BCUT2D eigenvalue weighted by Crippen LogP contribution is -2.44. The van der Waals surface area contributed by atoms with E-state index in [0.29, 0.717) is 58.9 Å². The quantitative estimate of drug-likeness (QED) is 0.218. The van der Waals surface area contributed by atoms with Gasteiger partial charge >= 0.3 is 0 Å². The molecule has 0 radical (unpaired) electrons. The highest BCUT2D eigenvalue weighted by Gasteiger charge is 2.31. The first-order valence-corrected chi connectivity index (χ1v) is 23.0. The fourth-order valence-electron chi connectivity index (χ4n) is 6.70. The molecule has 4 amide bonds. The van der Waals surface area contributed by atoms with Crippen molar-refractivity contribution < 1.29 is 28.8 Å². The van der Waals surface area contributed by atoms with Crippen molar-refractivity contribution in [1.29, 1.82) is 0 Å². The third-order valence-electron chi connectivity index (χ3n) is 11.0. The number of hydrogen-bond donors (Lipinski definition) is 0. The number of hydrogen-bond acceptors (Lipinski definition) is 6. The fourth-order valence-corrected chi connectivity index (χ4v) is 6.70. The topological polar surface area (TPSA) is 115 Å². The molecule has 4 heterocycles. The van der Waals surface area contributed by atoms with Crippen molar-refractivity contribution in [3.05, 3.63) is 0 Å². The lowest BCUT2D eigenvalue weighted by atomic mass is 9.79. The molecule has 6 aliphatic rings. The molecule has 2 saturated carbocycles. The summed E-state index contributed by atoms with van der Waals surface area (Å²) in [6, 6.07) is 0. The van der Waals surface area contributed by atoms with Gasteiger partial charge in [0.2, 0.25) is 23.6 Å². The summed E-state index contributed by atoms with van der Waals surface area (Å²) < 4.78 is 0. The number of carbonyl (C=O) groups excluding carboxylic acids is 6. The van der Waals surface area contributed by atoms with Crippen LogP contribution >= 0.6 is 0 Å². The van der Waals surface area contributed by atoms with E-state index in [1.54, 1.807) is 0 Å². The minimum absolute atomic E-state index is 0.179.